The molecule has 1 unspecified atom stereocenters. The summed E-state index contributed by atoms with van der Waals surface area (Å²) in [4.78, 5) is 71.1. The molecule has 16 heteroatoms. The molecular weight excluding hydrogens is 946 g/mol. The van der Waals surface area contributed by atoms with E-state index in [1.807, 2.05) is 30.2 Å². The van der Waals surface area contributed by atoms with E-state index in [1.54, 1.807) is 13.3 Å². The van der Waals surface area contributed by atoms with E-state index in [0.29, 0.717) is 50.4 Å². The van der Waals surface area contributed by atoms with Crippen LogP contribution in [0.4, 0.5) is 0 Å². The molecule has 4 aliphatic rings. The number of aryl methyl sites for hydroxylation is 1. The van der Waals surface area contributed by atoms with Crippen molar-refractivity contribution in [2.45, 2.75) is 119 Å². The van der Waals surface area contributed by atoms with Gasteiger partial charge in [-0.2, -0.15) is 0 Å². The average molecular weight is 1010 g/mol. The van der Waals surface area contributed by atoms with E-state index in [4.69, 9.17) is 24.2 Å². The van der Waals surface area contributed by atoms with E-state index < -0.39 is 59.2 Å². The second-order valence-electron chi connectivity index (χ2n) is 19.2. The Morgan fingerprint density at radius 3 is 2.56 bits per heavy atom. The van der Waals surface area contributed by atoms with Gasteiger partial charge in [-0.15, -0.1) is 0 Å². The summed E-state index contributed by atoms with van der Waals surface area (Å²) in [7, 11) is 1.69. The molecule has 346 valence electrons. The number of rotatable bonds is 9. The second kappa shape index (κ2) is 18.7. The Labute approximate surface area is 387 Å². The van der Waals surface area contributed by atoms with Gasteiger partial charge in [-0.25, -0.2) is 0 Å². The van der Waals surface area contributed by atoms with Crippen LogP contribution in [0.1, 0.15) is 103 Å². The van der Waals surface area contributed by atoms with Crippen LogP contribution in [0.15, 0.2) is 41.9 Å². The van der Waals surface area contributed by atoms with Crippen molar-refractivity contribution in [3.8, 4) is 22.5 Å². The van der Waals surface area contributed by atoms with Gasteiger partial charge >= 0.3 is 287 Å². The minimum absolute atomic E-state index is 0.0690. The summed E-state index contributed by atoms with van der Waals surface area (Å²) in [6.07, 6.45) is 4.08. The number of hydrogen-bond acceptors (Lipinski definition) is 11. The van der Waals surface area contributed by atoms with Crippen LogP contribution in [0.25, 0.3) is 33.4 Å². The maximum atomic E-state index is 14.9. The van der Waals surface area contributed by atoms with Crippen LogP contribution in [0.3, 0.4) is 0 Å². The molecule has 6 bridgehead atoms. The first kappa shape index (κ1) is 46.6. The molecule has 2 N–H and O–H groups in total. The number of ether oxygens (including phenoxy) is 3. The van der Waals surface area contributed by atoms with Crippen molar-refractivity contribution in [3.63, 3.8) is 0 Å². The molecule has 4 aliphatic heterocycles. The van der Waals surface area contributed by atoms with Crippen LogP contribution in [-0.4, -0.2) is 113 Å². The van der Waals surface area contributed by atoms with Crippen LogP contribution < -0.4 is 10.7 Å². The number of alkyl halides is 3. The van der Waals surface area contributed by atoms with Crippen molar-refractivity contribution in [2.24, 2.45) is 10.8 Å². The zero-order valence-electron chi connectivity index (χ0n) is 38.7. The molecule has 0 spiro atoms. The number of nitrogens with zero attached hydrogens (tertiary/aromatic N) is 5. The Morgan fingerprint density at radius 2 is 1.84 bits per heavy atom. The van der Waals surface area contributed by atoms with Gasteiger partial charge in [0.15, 0.2) is 0 Å². The van der Waals surface area contributed by atoms with E-state index in [9.17, 15) is 19.2 Å². The van der Waals surface area contributed by atoms with Crippen LogP contribution in [0.2, 0.25) is 0 Å². The molecule has 64 heavy (non-hydrogen) atoms. The number of nitrogens with one attached hydrogen (secondary N) is 2. The number of benzene rings is 1. The summed E-state index contributed by atoms with van der Waals surface area (Å²) >= 11 is -0.613. The predicted molar refractivity (Wildman–Crippen MR) is 257 cm³/mol. The summed E-state index contributed by atoms with van der Waals surface area (Å²) < 4.78 is 20.0. The van der Waals surface area contributed by atoms with Gasteiger partial charge in [-0.1, -0.05) is 13.8 Å². The molecule has 14 nitrogen and oxygen atoms in total. The van der Waals surface area contributed by atoms with E-state index in [2.05, 4.69) is 79.1 Å². The van der Waals surface area contributed by atoms with Crippen molar-refractivity contribution in [1.29, 1.82) is 0 Å². The van der Waals surface area contributed by atoms with Gasteiger partial charge in [-0.05, 0) is 32.4 Å². The number of carbonyl (C=O) groups is 4. The maximum absolute atomic E-state index is 14.9. The predicted octanol–water partition coefficient (Wildman–Crippen LogP) is 7.27. The van der Waals surface area contributed by atoms with Crippen molar-refractivity contribution in [2.75, 3.05) is 44.9 Å². The van der Waals surface area contributed by atoms with Crippen molar-refractivity contribution < 1.29 is 33.4 Å². The second-order valence-corrected chi connectivity index (χ2v) is 26.0. The number of halogens is 1. The first-order valence-electron chi connectivity index (χ1n) is 22.7. The van der Waals surface area contributed by atoms with Gasteiger partial charge in [0, 0.05) is 25.4 Å². The fourth-order valence-corrected chi connectivity index (χ4v) is 16.8. The summed E-state index contributed by atoms with van der Waals surface area (Å²) in [6.45, 7) is 17.5. The Bertz CT molecular complexity index is 2410. The van der Waals surface area contributed by atoms with Crippen LogP contribution >= 0.6 is 31.2 Å². The third kappa shape index (κ3) is 9.23. The number of piperidine rings is 1. The first-order chi connectivity index (χ1) is 30.6. The SMILES string of the molecule is CCO[C@@H]1c2nc(cs2)-c2ccc3c(c2)c(c(-c2cccnc2[C@H](C)OC)n3CC)CC(C)(C)COC(=O)[C@@H]2CCCN(N2)C(=O)C1NC(=O)[C@H]1[C@H](C(=O)N2CCC(C)(C)CC2)I1C. The van der Waals surface area contributed by atoms with Crippen molar-refractivity contribution in [3.05, 3.63) is 58.2 Å². The number of pyridine rings is 1. The van der Waals surface area contributed by atoms with Gasteiger partial charge in [0.2, 0.25) is 0 Å². The fourth-order valence-electron chi connectivity index (χ4n) is 9.52. The van der Waals surface area contributed by atoms with Gasteiger partial charge in [0.1, 0.15) is 0 Å². The van der Waals surface area contributed by atoms with Crippen LogP contribution in [0.5, 0.6) is 0 Å². The Morgan fingerprint density at radius 1 is 1.08 bits per heavy atom. The molecule has 3 aromatic heterocycles. The van der Waals surface area contributed by atoms with Gasteiger partial charge in [-0.3, -0.25) is 4.98 Å². The monoisotopic (exact) mass is 1010 g/mol. The number of carbonyl (C=O) groups excluding carboxylic acids is 4. The summed E-state index contributed by atoms with van der Waals surface area (Å²) in [5.74, 6) is -1.11. The summed E-state index contributed by atoms with van der Waals surface area (Å²) in [6, 6.07) is 8.50. The molecule has 0 saturated carbocycles. The molecule has 3 amide bonds. The van der Waals surface area contributed by atoms with Crippen LogP contribution in [0, 0.1) is 10.8 Å². The molecule has 3 saturated heterocycles. The van der Waals surface area contributed by atoms with Crippen molar-refractivity contribution >= 4 is 65.7 Å². The molecular formula is C48H64IN7O7S. The third-order valence-corrected chi connectivity index (χ3v) is 20.3. The third-order valence-electron chi connectivity index (χ3n) is 13.4. The zero-order valence-corrected chi connectivity index (χ0v) is 41.6. The molecule has 3 fully saturated rings. The Balaban J connectivity index is 1.20. The number of thiazole rings is 1. The molecule has 6 atom stereocenters. The molecule has 4 aromatic rings. The van der Waals surface area contributed by atoms with E-state index in [-0.39, 0.29) is 40.5 Å². The molecule has 8 rings (SSSR count). The summed E-state index contributed by atoms with van der Waals surface area (Å²) in [5.41, 5.74) is 9.51. The quantitative estimate of drug-likeness (QED) is 0.0994. The molecule has 7 heterocycles. The van der Waals surface area contributed by atoms with E-state index >= 15 is 0 Å². The number of hydrogen-bond donors (Lipinski definition) is 2. The standard InChI is InChI=1S/C48H64IN7O7S/c1-10-55-35-17-16-29-24-31(35)32(40(55)30-14-12-20-50-38(30)28(3)61-9)25-48(6,7)27-63-46(60)33-15-13-21-56(53-33)45(59)39(41(62-11-2)43-51-34(29)26-64-43)52-42(57)36-37(49(36)8)44(58)54-22-18-47(4,5)19-23-54/h12,14,16-17,20,24,26,28,33,36-37,39,41,53H,10-11,13,15,18-19,21-23,25,27H2,1-9H3,(H,52,57)/t28-,33-,36+,37+,39?,41-/m0/s1. The topological polar surface area (TPSA) is 157 Å². The van der Waals surface area contributed by atoms with Crippen molar-refractivity contribution in [1.82, 2.24) is 35.2 Å². The minimum atomic E-state index is -1.99. The molecule has 1 aromatic carbocycles. The normalized spacial score (nSPS) is 25.7. The number of aromatic nitrogens is 3. The number of amides is 3. The first-order valence-corrected chi connectivity index (χ1v) is 28.2. The number of cyclic esters (lactones) is 1. The average Bonchev–Trinajstić information content (AvgIpc) is 3.57. The number of fused-ring (bicyclic) bond motifs is 6. The number of esters is 1. The van der Waals surface area contributed by atoms with Gasteiger partial charge in [0.25, 0.3) is 0 Å². The Kier molecular flexibility index (Phi) is 13.6. The van der Waals surface area contributed by atoms with E-state index in [1.165, 1.54) is 16.3 Å². The van der Waals surface area contributed by atoms with Gasteiger partial charge < -0.3 is 9.30 Å². The summed E-state index contributed by atoms with van der Waals surface area (Å²) in [5, 5.41) is 8.13. The molecule has 0 aliphatic carbocycles. The fraction of sp³-hybridized carbons (Fsp3) is 0.583. The van der Waals surface area contributed by atoms with E-state index in [0.717, 1.165) is 57.5 Å². The Hall–Kier alpha value is -3.97. The number of hydrazine groups is 1. The molecule has 0 radical (unpaired) electrons. The zero-order chi connectivity index (χ0) is 45.7. The van der Waals surface area contributed by atoms with Crippen LogP contribution in [-0.2, 0) is 46.4 Å². The number of methoxy groups -OCH3 is 1. The number of likely N-dealkylation sites (tertiary alicyclic amines) is 1. The van der Waals surface area contributed by atoms with Gasteiger partial charge in [0.05, 0.1) is 17.5 Å².